The molecule has 0 aliphatic heterocycles. The number of rotatable bonds is 10. The monoisotopic (exact) mass is 200 g/mol. The van der Waals surface area contributed by atoms with Crippen molar-refractivity contribution in [2.75, 3.05) is 13.1 Å². The van der Waals surface area contributed by atoms with Gasteiger partial charge in [-0.15, -0.1) is 0 Å². The fourth-order valence-electron chi connectivity index (χ4n) is 1.42. The maximum atomic E-state index is 10.4. The molecule has 0 bridgehead atoms. The number of nitrogens with one attached hydrogen (secondary N) is 1. The molecule has 0 unspecified atom stereocenters. The van der Waals surface area contributed by atoms with Gasteiger partial charge in [-0.2, -0.15) is 0 Å². The summed E-state index contributed by atoms with van der Waals surface area (Å²) in [5, 5.41) is 3.01. The van der Waals surface area contributed by atoms with Gasteiger partial charge in [-0.1, -0.05) is 45.4 Å². The lowest BCUT2D eigenvalue weighted by Crippen LogP contribution is -2.29. The number of nitrogens with two attached hydrogens (primary N) is 1. The molecule has 14 heavy (non-hydrogen) atoms. The standard InChI is InChI=1S/C11H24N2O/c1-2-3-4-5-6-7-8-9-13-10-11(12)14/h13H,2-10H2,1H3,(H2,12,14). The molecule has 0 rings (SSSR count). The molecule has 0 heterocycles. The topological polar surface area (TPSA) is 55.1 Å². The van der Waals surface area contributed by atoms with Crippen molar-refractivity contribution in [3.63, 3.8) is 0 Å². The number of hydrogen-bond acceptors (Lipinski definition) is 2. The third-order valence-corrected chi connectivity index (χ3v) is 2.26. The van der Waals surface area contributed by atoms with Crippen LogP contribution < -0.4 is 11.1 Å². The smallest absolute Gasteiger partial charge is 0.231 e. The van der Waals surface area contributed by atoms with Crippen molar-refractivity contribution in [2.24, 2.45) is 5.73 Å². The van der Waals surface area contributed by atoms with Crippen molar-refractivity contribution in [1.82, 2.24) is 5.32 Å². The van der Waals surface area contributed by atoms with Crippen LogP contribution in [0.3, 0.4) is 0 Å². The van der Waals surface area contributed by atoms with E-state index < -0.39 is 0 Å². The fraction of sp³-hybridized carbons (Fsp3) is 0.909. The van der Waals surface area contributed by atoms with Gasteiger partial charge in [0.2, 0.25) is 5.91 Å². The lowest BCUT2D eigenvalue weighted by molar-refractivity contribution is -0.117. The first kappa shape index (κ1) is 13.4. The van der Waals surface area contributed by atoms with Gasteiger partial charge >= 0.3 is 0 Å². The molecule has 0 saturated heterocycles. The summed E-state index contributed by atoms with van der Waals surface area (Å²) in [6.45, 7) is 3.46. The lowest BCUT2D eigenvalue weighted by Gasteiger charge is -2.02. The normalized spacial score (nSPS) is 10.4. The average Bonchev–Trinajstić information content (AvgIpc) is 2.15. The van der Waals surface area contributed by atoms with E-state index in [0.717, 1.165) is 13.0 Å². The Morgan fingerprint density at radius 2 is 1.64 bits per heavy atom. The molecular weight excluding hydrogens is 176 g/mol. The predicted molar refractivity (Wildman–Crippen MR) is 60.1 cm³/mol. The highest BCUT2D eigenvalue weighted by Gasteiger charge is 1.93. The zero-order chi connectivity index (χ0) is 10.6. The van der Waals surface area contributed by atoms with E-state index in [0.29, 0.717) is 6.54 Å². The molecule has 0 aromatic rings. The van der Waals surface area contributed by atoms with Crippen molar-refractivity contribution >= 4 is 5.91 Å². The summed E-state index contributed by atoms with van der Waals surface area (Å²) in [7, 11) is 0. The number of amides is 1. The molecule has 0 saturated carbocycles. The zero-order valence-electron chi connectivity index (χ0n) is 9.35. The quantitative estimate of drug-likeness (QED) is 0.528. The summed E-state index contributed by atoms with van der Waals surface area (Å²) in [4.78, 5) is 10.4. The van der Waals surface area contributed by atoms with E-state index in [1.165, 1.54) is 38.5 Å². The Bertz CT molecular complexity index is 137. The summed E-state index contributed by atoms with van der Waals surface area (Å²) in [6.07, 6.45) is 9.11. The maximum Gasteiger partial charge on any atom is 0.231 e. The fourth-order valence-corrected chi connectivity index (χ4v) is 1.42. The number of hydrogen-bond donors (Lipinski definition) is 2. The molecule has 3 nitrogen and oxygen atoms in total. The van der Waals surface area contributed by atoms with Gasteiger partial charge in [-0.05, 0) is 13.0 Å². The Morgan fingerprint density at radius 3 is 2.21 bits per heavy atom. The Morgan fingerprint density at radius 1 is 1.07 bits per heavy atom. The molecule has 0 aliphatic rings. The van der Waals surface area contributed by atoms with Crippen molar-refractivity contribution < 1.29 is 4.79 Å². The molecule has 1 amide bonds. The molecule has 0 radical (unpaired) electrons. The molecule has 0 spiro atoms. The molecular formula is C11H24N2O. The SMILES string of the molecule is CCCCCCCCCNCC(N)=O. The van der Waals surface area contributed by atoms with Gasteiger partial charge in [0.15, 0.2) is 0 Å². The van der Waals surface area contributed by atoms with E-state index in [-0.39, 0.29) is 5.91 Å². The minimum Gasteiger partial charge on any atom is -0.369 e. The van der Waals surface area contributed by atoms with Gasteiger partial charge in [0.25, 0.3) is 0 Å². The van der Waals surface area contributed by atoms with Crippen LogP contribution in [0.25, 0.3) is 0 Å². The van der Waals surface area contributed by atoms with Crippen LogP contribution in [0.1, 0.15) is 51.9 Å². The Kier molecular flexibility index (Phi) is 10.1. The first-order valence-corrected chi connectivity index (χ1v) is 5.76. The second-order valence-corrected chi connectivity index (χ2v) is 3.76. The Labute approximate surface area is 87.4 Å². The summed E-state index contributed by atoms with van der Waals surface area (Å²) in [5.74, 6) is -0.270. The Hall–Kier alpha value is -0.570. The van der Waals surface area contributed by atoms with Crippen LogP contribution in [-0.4, -0.2) is 19.0 Å². The predicted octanol–water partition coefficient (Wildman–Crippen LogP) is 1.81. The average molecular weight is 200 g/mol. The van der Waals surface area contributed by atoms with E-state index in [1.54, 1.807) is 0 Å². The van der Waals surface area contributed by atoms with Gasteiger partial charge in [0.05, 0.1) is 6.54 Å². The van der Waals surface area contributed by atoms with E-state index in [4.69, 9.17) is 5.73 Å². The summed E-state index contributed by atoms with van der Waals surface area (Å²) in [6, 6.07) is 0. The van der Waals surface area contributed by atoms with E-state index in [1.807, 2.05) is 0 Å². The largest absolute Gasteiger partial charge is 0.369 e. The molecule has 3 N–H and O–H groups in total. The molecule has 3 heteroatoms. The summed E-state index contributed by atoms with van der Waals surface area (Å²) >= 11 is 0. The summed E-state index contributed by atoms with van der Waals surface area (Å²) in [5.41, 5.74) is 4.99. The number of primary amides is 1. The van der Waals surface area contributed by atoms with Gasteiger partial charge in [0.1, 0.15) is 0 Å². The van der Waals surface area contributed by atoms with Crippen LogP contribution in [-0.2, 0) is 4.79 Å². The van der Waals surface area contributed by atoms with E-state index in [9.17, 15) is 4.79 Å². The van der Waals surface area contributed by atoms with Crippen LogP contribution >= 0.6 is 0 Å². The highest BCUT2D eigenvalue weighted by molar-refractivity contribution is 5.75. The molecule has 0 aromatic carbocycles. The third-order valence-electron chi connectivity index (χ3n) is 2.26. The molecule has 0 fully saturated rings. The van der Waals surface area contributed by atoms with Gasteiger partial charge in [-0.3, -0.25) is 4.79 Å². The Balaban J connectivity index is 2.88. The maximum absolute atomic E-state index is 10.4. The lowest BCUT2D eigenvalue weighted by atomic mass is 10.1. The molecule has 0 aromatic heterocycles. The van der Waals surface area contributed by atoms with Crippen molar-refractivity contribution in [1.29, 1.82) is 0 Å². The van der Waals surface area contributed by atoms with Gasteiger partial charge < -0.3 is 11.1 Å². The first-order valence-electron chi connectivity index (χ1n) is 5.76. The first-order chi connectivity index (χ1) is 6.77. The van der Waals surface area contributed by atoms with Crippen LogP contribution in [0.4, 0.5) is 0 Å². The minimum absolute atomic E-state index is 0.270. The second-order valence-electron chi connectivity index (χ2n) is 3.76. The van der Waals surface area contributed by atoms with Crippen molar-refractivity contribution in [3.05, 3.63) is 0 Å². The molecule has 84 valence electrons. The van der Waals surface area contributed by atoms with Crippen LogP contribution in [0.15, 0.2) is 0 Å². The zero-order valence-corrected chi connectivity index (χ0v) is 9.35. The highest BCUT2D eigenvalue weighted by atomic mass is 16.1. The van der Waals surface area contributed by atoms with Crippen LogP contribution in [0.2, 0.25) is 0 Å². The van der Waals surface area contributed by atoms with Gasteiger partial charge in [-0.25, -0.2) is 0 Å². The van der Waals surface area contributed by atoms with Gasteiger partial charge in [0, 0.05) is 0 Å². The molecule has 0 atom stereocenters. The second kappa shape index (κ2) is 10.5. The van der Waals surface area contributed by atoms with Crippen LogP contribution in [0.5, 0.6) is 0 Å². The van der Waals surface area contributed by atoms with Crippen molar-refractivity contribution in [3.8, 4) is 0 Å². The van der Waals surface area contributed by atoms with E-state index in [2.05, 4.69) is 12.2 Å². The highest BCUT2D eigenvalue weighted by Crippen LogP contribution is 2.05. The van der Waals surface area contributed by atoms with Crippen LogP contribution in [0, 0.1) is 0 Å². The minimum atomic E-state index is -0.270. The van der Waals surface area contributed by atoms with Crippen molar-refractivity contribution in [2.45, 2.75) is 51.9 Å². The molecule has 0 aliphatic carbocycles. The number of carbonyl (C=O) groups is 1. The van der Waals surface area contributed by atoms with E-state index >= 15 is 0 Å². The summed E-state index contributed by atoms with van der Waals surface area (Å²) < 4.78 is 0. The number of carbonyl (C=O) groups excluding carboxylic acids is 1. The third kappa shape index (κ3) is 11.4. The number of unbranched alkanes of at least 4 members (excludes halogenated alkanes) is 6.